The fraction of sp³-hybridized carbons (Fsp3) is 0. The number of ether oxygens (including phenoxy) is 1. The highest BCUT2D eigenvalue weighted by atomic mass is 16.5. The summed E-state index contributed by atoms with van der Waals surface area (Å²) in [6, 6.07) is 52.5. The van der Waals surface area contributed by atoms with Crippen LogP contribution < -0.4 is 4.74 Å². The molecular formula is C40H24O. The molecule has 1 aliphatic rings. The molecule has 8 aromatic rings. The molecule has 190 valence electrons. The lowest BCUT2D eigenvalue weighted by Gasteiger charge is -2.24. The molecule has 0 N–H and O–H groups in total. The standard InChI is InChI=1S/C40H24O/c1-2-9-25(10-3-1)30-20-22-38-40-32(30)15-8-16-33(40)36-24-28(18-21-37(36)41-38)39-31-14-7-5-12-27(31)23-35-29-13-6-4-11-26(29)17-19-34(35)39/h1-24H. The quantitative estimate of drug-likeness (QED) is 0.163. The van der Waals surface area contributed by atoms with Crippen LogP contribution >= 0.6 is 0 Å². The van der Waals surface area contributed by atoms with Crippen LogP contribution in [0.4, 0.5) is 0 Å². The highest BCUT2D eigenvalue weighted by Gasteiger charge is 2.23. The Hall–Kier alpha value is -5.40. The normalized spacial score (nSPS) is 12.1. The van der Waals surface area contributed by atoms with Gasteiger partial charge in [-0.25, -0.2) is 0 Å². The second kappa shape index (κ2) is 8.55. The van der Waals surface area contributed by atoms with Crippen LogP contribution in [0, 0.1) is 0 Å². The summed E-state index contributed by atoms with van der Waals surface area (Å²) in [6.45, 7) is 0. The van der Waals surface area contributed by atoms with E-state index in [1.165, 1.54) is 70.9 Å². The van der Waals surface area contributed by atoms with E-state index in [0.29, 0.717) is 0 Å². The van der Waals surface area contributed by atoms with E-state index in [2.05, 4.69) is 146 Å². The molecule has 0 aromatic heterocycles. The zero-order valence-corrected chi connectivity index (χ0v) is 22.3. The summed E-state index contributed by atoms with van der Waals surface area (Å²) in [5.74, 6) is 1.81. The van der Waals surface area contributed by atoms with Gasteiger partial charge in [0.25, 0.3) is 0 Å². The minimum Gasteiger partial charge on any atom is -0.456 e. The fourth-order valence-corrected chi connectivity index (χ4v) is 6.79. The smallest absolute Gasteiger partial charge is 0.135 e. The minimum atomic E-state index is 0.899. The molecule has 0 saturated heterocycles. The Morgan fingerprint density at radius 1 is 0.341 bits per heavy atom. The third kappa shape index (κ3) is 3.30. The third-order valence-electron chi connectivity index (χ3n) is 8.64. The lowest BCUT2D eigenvalue weighted by molar-refractivity contribution is 0.487. The van der Waals surface area contributed by atoms with Gasteiger partial charge in [0.2, 0.25) is 0 Å². The molecule has 9 rings (SSSR count). The predicted molar refractivity (Wildman–Crippen MR) is 173 cm³/mol. The van der Waals surface area contributed by atoms with Crippen molar-refractivity contribution in [2.45, 2.75) is 0 Å². The van der Waals surface area contributed by atoms with Gasteiger partial charge in [0, 0.05) is 10.9 Å². The molecule has 0 radical (unpaired) electrons. The highest BCUT2D eigenvalue weighted by Crippen LogP contribution is 2.50. The molecule has 1 aliphatic heterocycles. The van der Waals surface area contributed by atoms with Crippen molar-refractivity contribution in [3.05, 3.63) is 146 Å². The average Bonchev–Trinajstić information content (AvgIpc) is 3.04. The molecule has 0 unspecified atom stereocenters. The van der Waals surface area contributed by atoms with E-state index >= 15 is 0 Å². The van der Waals surface area contributed by atoms with Crippen molar-refractivity contribution in [1.82, 2.24) is 0 Å². The first kappa shape index (κ1) is 22.4. The summed E-state index contributed by atoms with van der Waals surface area (Å²) < 4.78 is 6.56. The number of rotatable bonds is 2. The number of hydrogen-bond acceptors (Lipinski definition) is 1. The zero-order chi connectivity index (χ0) is 26.9. The Kier molecular flexibility index (Phi) is 4.67. The summed E-state index contributed by atoms with van der Waals surface area (Å²) >= 11 is 0. The summed E-state index contributed by atoms with van der Waals surface area (Å²) in [5.41, 5.74) is 7.25. The van der Waals surface area contributed by atoms with E-state index in [0.717, 1.165) is 17.1 Å². The van der Waals surface area contributed by atoms with Crippen molar-refractivity contribution in [2.75, 3.05) is 0 Å². The van der Waals surface area contributed by atoms with Crippen molar-refractivity contribution >= 4 is 43.1 Å². The molecule has 0 atom stereocenters. The molecule has 0 aliphatic carbocycles. The molecule has 0 bridgehead atoms. The molecule has 0 amide bonds. The van der Waals surface area contributed by atoms with E-state index in [4.69, 9.17) is 4.74 Å². The van der Waals surface area contributed by atoms with Crippen molar-refractivity contribution in [3.8, 4) is 44.9 Å². The van der Waals surface area contributed by atoms with Crippen LogP contribution in [0.3, 0.4) is 0 Å². The van der Waals surface area contributed by atoms with Crippen LogP contribution in [0.15, 0.2) is 146 Å². The van der Waals surface area contributed by atoms with Gasteiger partial charge in [-0.15, -0.1) is 0 Å². The summed E-state index contributed by atoms with van der Waals surface area (Å²) in [4.78, 5) is 0. The van der Waals surface area contributed by atoms with Crippen LogP contribution in [0.5, 0.6) is 11.5 Å². The van der Waals surface area contributed by atoms with Gasteiger partial charge in [-0.3, -0.25) is 0 Å². The van der Waals surface area contributed by atoms with E-state index < -0.39 is 0 Å². The molecule has 0 fully saturated rings. The lowest BCUT2D eigenvalue weighted by Crippen LogP contribution is -1.98. The van der Waals surface area contributed by atoms with Gasteiger partial charge in [-0.2, -0.15) is 0 Å². The van der Waals surface area contributed by atoms with Crippen molar-refractivity contribution in [3.63, 3.8) is 0 Å². The van der Waals surface area contributed by atoms with E-state index in [9.17, 15) is 0 Å². The van der Waals surface area contributed by atoms with Crippen molar-refractivity contribution in [1.29, 1.82) is 0 Å². The molecule has 1 heterocycles. The fourth-order valence-electron chi connectivity index (χ4n) is 6.79. The minimum absolute atomic E-state index is 0.899. The van der Waals surface area contributed by atoms with Gasteiger partial charge in [0.1, 0.15) is 11.5 Å². The van der Waals surface area contributed by atoms with Crippen LogP contribution in [0.1, 0.15) is 0 Å². The Bertz CT molecular complexity index is 2330. The Morgan fingerprint density at radius 2 is 1.10 bits per heavy atom. The van der Waals surface area contributed by atoms with Crippen LogP contribution in [0.25, 0.3) is 76.5 Å². The summed E-state index contributed by atoms with van der Waals surface area (Å²) in [6.07, 6.45) is 0. The van der Waals surface area contributed by atoms with Gasteiger partial charge in [0.15, 0.2) is 0 Å². The number of fused-ring (bicyclic) bond motifs is 6. The van der Waals surface area contributed by atoms with Crippen LogP contribution in [-0.4, -0.2) is 0 Å². The lowest BCUT2D eigenvalue weighted by atomic mass is 9.86. The second-order valence-electron chi connectivity index (χ2n) is 10.9. The monoisotopic (exact) mass is 520 g/mol. The average molecular weight is 521 g/mol. The maximum atomic E-state index is 6.56. The largest absolute Gasteiger partial charge is 0.456 e. The van der Waals surface area contributed by atoms with Gasteiger partial charge in [-0.05, 0) is 89.8 Å². The first-order chi connectivity index (χ1) is 20.3. The maximum absolute atomic E-state index is 6.56. The van der Waals surface area contributed by atoms with Gasteiger partial charge in [-0.1, -0.05) is 121 Å². The molecular weight excluding hydrogens is 496 g/mol. The molecule has 1 nitrogen and oxygen atoms in total. The van der Waals surface area contributed by atoms with E-state index in [1.54, 1.807) is 0 Å². The highest BCUT2D eigenvalue weighted by molar-refractivity contribution is 6.20. The van der Waals surface area contributed by atoms with Gasteiger partial charge < -0.3 is 4.74 Å². The van der Waals surface area contributed by atoms with E-state index in [1.807, 2.05) is 0 Å². The summed E-state index contributed by atoms with van der Waals surface area (Å²) in [5, 5.41) is 9.99. The zero-order valence-electron chi connectivity index (χ0n) is 22.3. The Balaban J connectivity index is 1.33. The number of hydrogen-bond donors (Lipinski definition) is 0. The van der Waals surface area contributed by atoms with Crippen molar-refractivity contribution in [2.24, 2.45) is 0 Å². The third-order valence-corrected chi connectivity index (χ3v) is 8.64. The van der Waals surface area contributed by atoms with Crippen LogP contribution in [0.2, 0.25) is 0 Å². The first-order valence-electron chi connectivity index (χ1n) is 14.1. The maximum Gasteiger partial charge on any atom is 0.135 e. The SMILES string of the molecule is c1ccc(-c2ccc3c4c(cccc24)-c2cc(-c4c5ccccc5cc5c4ccc4ccccc45)ccc2O3)cc1. The molecule has 0 saturated carbocycles. The van der Waals surface area contributed by atoms with Gasteiger partial charge >= 0.3 is 0 Å². The second-order valence-corrected chi connectivity index (χ2v) is 10.9. The predicted octanol–water partition coefficient (Wildman–Crippen LogP) is 11.4. The Labute approximate surface area is 237 Å². The van der Waals surface area contributed by atoms with Crippen LogP contribution in [-0.2, 0) is 0 Å². The van der Waals surface area contributed by atoms with Gasteiger partial charge in [0.05, 0.1) is 0 Å². The van der Waals surface area contributed by atoms with E-state index in [-0.39, 0.29) is 0 Å². The summed E-state index contributed by atoms with van der Waals surface area (Å²) in [7, 11) is 0. The van der Waals surface area contributed by atoms with Crippen molar-refractivity contribution < 1.29 is 4.74 Å². The molecule has 41 heavy (non-hydrogen) atoms. The topological polar surface area (TPSA) is 9.23 Å². The first-order valence-corrected chi connectivity index (χ1v) is 14.1. The number of benzene rings is 8. The molecule has 1 heteroatoms. The molecule has 8 aromatic carbocycles. The Morgan fingerprint density at radius 3 is 2.00 bits per heavy atom. The molecule has 0 spiro atoms.